The number of anilines is 1. The van der Waals surface area contributed by atoms with E-state index in [1.165, 1.54) is 17.0 Å². The first-order valence-corrected chi connectivity index (χ1v) is 15.4. The maximum absolute atomic E-state index is 14.1. The lowest BCUT2D eigenvalue weighted by Gasteiger charge is -2.34. The molecule has 7 nitrogen and oxygen atoms in total. The molecule has 220 valence electrons. The van der Waals surface area contributed by atoms with Crippen LogP contribution in [0.15, 0.2) is 65.6 Å². The zero-order valence-corrected chi connectivity index (χ0v) is 26.8. The molecule has 0 aliphatic carbocycles. The molecule has 0 aromatic heterocycles. The number of hydrogen-bond acceptors (Lipinski definition) is 4. The summed E-state index contributed by atoms with van der Waals surface area (Å²) >= 11 is 12.9. The minimum absolute atomic E-state index is 0.0503. The highest BCUT2D eigenvalue weighted by molar-refractivity contribution is 7.92. The molecule has 1 N–H and O–H groups in total. The molecule has 0 bridgehead atoms. The molecule has 3 aromatic rings. The van der Waals surface area contributed by atoms with Gasteiger partial charge < -0.3 is 10.2 Å². The fourth-order valence-electron chi connectivity index (χ4n) is 4.37. The molecule has 3 aromatic carbocycles. The quantitative estimate of drug-likeness (QED) is 0.299. The van der Waals surface area contributed by atoms with E-state index < -0.39 is 40.0 Å². The maximum Gasteiger partial charge on any atom is 0.264 e. The number of carbonyl (C=O) groups excluding carboxylic acids is 2. The Morgan fingerprint density at radius 2 is 1.41 bits per heavy atom. The monoisotopic (exact) mass is 617 g/mol. The van der Waals surface area contributed by atoms with Gasteiger partial charge in [-0.15, -0.1) is 0 Å². The second kappa shape index (κ2) is 12.8. The summed E-state index contributed by atoms with van der Waals surface area (Å²) < 4.78 is 29.1. The summed E-state index contributed by atoms with van der Waals surface area (Å²) in [6, 6.07) is 15.8. The predicted octanol–water partition coefficient (Wildman–Crippen LogP) is 6.45. The summed E-state index contributed by atoms with van der Waals surface area (Å²) in [5.74, 6) is -0.985. The van der Waals surface area contributed by atoms with Crippen LogP contribution in [0, 0.1) is 20.8 Å². The summed E-state index contributed by atoms with van der Waals surface area (Å²) in [7, 11) is -4.16. The summed E-state index contributed by atoms with van der Waals surface area (Å²) in [5.41, 5.74) is 2.84. The van der Waals surface area contributed by atoms with E-state index in [4.69, 9.17) is 23.2 Å². The van der Waals surface area contributed by atoms with Gasteiger partial charge in [-0.3, -0.25) is 13.9 Å². The van der Waals surface area contributed by atoms with Crippen molar-refractivity contribution < 1.29 is 18.0 Å². The number of hydrogen-bond donors (Lipinski definition) is 1. The van der Waals surface area contributed by atoms with Crippen molar-refractivity contribution >= 4 is 50.7 Å². The van der Waals surface area contributed by atoms with Gasteiger partial charge in [0.05, 0.1) is 10.6 Å². The van der Waals surface area contributed by atoms with Crippen LogP contribution in [0.5, 0.6) is 0 Å². The lowest BCUT2D eigenvalue weighted by Crippen LogP contribution is -2.54. The maximum atomic E-state index is 14.1. The minimum Gasteiger partial charge on any atom is -0.350 e. The molecule has 10 heteroatoms. The van der Waals surface area contributed by atoms with Gasteiger partial charge >= 0.3 is 0 Å². The molecular formula is C31H37Cl2N3O4S. The van der Waals surface area contributed by atoms with Crippen LogP contribution in [0.25, 0.3) is 0 Å². The number of nitrogens with zero attached hydrogens (tertiary/aromatic N) is 2. The molecule has 41 heavy (non-hydrogen) atoms. The van der Waals surface area contributed by atoms with Crippen LogP contribution in [-0.2, 0) is 26.2 Å². The van der Waals surface area contributed by atoms with E-state index in [1.54, 1.807) is 49.4 Å². The van der Waals surface area contributed by atoms with Crippen molar-refractivity contribution in [2.45, 2.75) is 71.5 Å². The molecule has 1 atom stereocenters. The average molecular weight is 619 g/mol. The van der Waals surface area contributed by atoms with Gasteiger partial charge in [0.25, 0.3) is 10.0 Å². The van der Waals surface area contributed by atoms with Crippen molar-refractivity contribution in [2.24, 2.45) is 0 Å². The summed E-state index contributed by atoms with van der Waals surface area (Å²) in [6.45, 7) is 12.1. The van der Waals surface area contributed by atoms with Crippen molar-refractivity contribution in [3.63, 3.8) is 0 Å². The third-order valence-electron chi connectivity index (χ3n) is 6.44. The van der Waals surface area contributed by atoms with Gasteiger partial charge in [-0.25, -0.2) is 8.42 Å². The third kappa shape index (κ3) is 8.24. The molecule has 0 aliphatic rings. The number of amides is 2. The Bertz CT molecular complexity index is 1490. The first-order valence-electron chi connectivity index (χ1n) is 13.2. The fourth-order valence-corrected chi connectivity index (χ4v) is 6.29. The fraction of sp³-hybridized carbons (Fsp3) is 0.355. The molecule has 3 rings (SSSR count). The molecule has 0 saturated carbocycles. The zero-order valence-electron chi connectivity index (χ0n) is 24.5. The van der Waals surface area contributed by atoms with Crippen LogP contribution in [0.4, 0.5) is 5.69 Å². The van der Waals surface area contributed by atoms with Crippen molar-refractivity contribution in [2.75, 3.05) is 10.8 Å². The number of nitrogens with one attached hydrogen (secondary N) is 1. The van der Waals surface area contributed by atoms with Gasteiger partial charge in [0.2, 0.25) is 11.8 Å². The molecule has 0 saturated heterocycles. The highest BCUT2D eigenvalue weighted by Gasteiger charge is 2.34. The SMILES string of the molecule is Cc1ccc(S(=O)(=O)N(CC(=O)N(Cc2c(Cl)cccc2Cl)C(C)C(=O)NC(C)(C)C)c2cc(C)cc(C)c2)cc1. The molecular weight excluding hydrogens is 581 g/mol. The Morgan fingerprint density at radius 3 is 1.93 bits per heavy atom. The summed E-state index contributed by atoms with van der Waals surface area (Å²) in [6.07, 6.45) is 0. The van der Waals surface area contributed by atoms with Crippen molar-refractivity contribution in [3.8, 4) is 0 Å². The van der Waals surface area contributed by atoms with Crippen LogP contribution in [-0.4, -0.2) is 43.3 Å². The second-order valence-electron chi connectivity index (χ2n) is 11.3. The predicted molar refractivity (Wildman–Crippen MR) is 166 cm³/mol. The van der Waals surface area contributed by atoms with Crippen LogP contribution in [0.2, 0.25) is 10.0 Å². The first kappa shape index (κ1) is 32.4. The second-order valence-corrected chi connectivity index (χ2v) is 14.0. The topological polar surface area (TPSA) is 86.8 Å². The van der Waals surface area contributed by atoms with Crippen LogP contribution >= 0.6 is 23.2 Å². The van der Waals surface area contributed by atoms with Crippen LogP contribution in [0.1, 0.15) is 49.9 Å². The molecule has 0 heterocycles. The highest BCUT2D eigenvalue weighted by atomic mass is 35.5. The number of benzene rings is 3. The van der Waals surface area contributed by atoms with E-state index in [1.807, 2.05) is 47.6 Å². The van der Waals surface area contributed by atoms with Crippen molar-refractivity contribution in [1.29, 1.82) is 0 Å². The number of halogens is 2. The Hall–Kier alpha value is -3.07. The van der Waals surface area contributed by atoms with Crippen LogP contribution in [0.3, 0.4) is 0 Å². The van der Waals surface area contributed by atoms with E-state index in [0.29, 0.717) is 21.3 Å². The molecule has 0 radical (unpaired) electrons. The smallest absolute Gasteiger partial charge is 0.264 e. The summed E-state index contributed by atoms with van der Waals surface area (Å²) in [5, 5.41) is 3.56. The molecule has 0 fully saturated rings. The molecule has 0 aliphatic heterocycles. The van der Waals surface area contributed by atoms with Gasteiger partial charge in [-0.05, 0) is 96.0 Å². The van der Waals surface area contributed by atoms with Crippen molar-refractivity contribution in [3.05, 3.63) is 93.0 Å². The molecule has 1 unspecified atom stereocenters. The number of rotatable bonds is 9. The minimum atomic E-state index is -4.16. The van der Waals surface area contributed by atoms with E-state index in [0.717, 1.165) is 21.0 Å². The zero-order chi connectivity index (χ0) is 30.7. The normalized spacial score (nSPS) is 12.5. The average Bonchev–Trinajstić information content (AvgIpc) is 2.85. The number of sulfonamides is 1. The molecule has 0 spiro atoms. The van der Waals surface area contributed by atoms with Gasteiger partial charge in [0.1, 0.15) is 12.6 Å². The lowest BCUT2D eigenvalue weighted by molar-refractivity contribution is -0.140. The lowest BCUT2D eigenvalue weighted by atomic mass is 10.1. The van der Waals surface area contributed by atoms with Gasteiger partial charge in [-0.1, -0.05) is 53.0 Å². The van der Waals surface area contributed by atoms with Gasteiger partial charge in [0, 0.05) is 27.7 Å². The third-order valence-corrected chi connectivity index (χ3v) is 8.93. The Kier molecular flexibility index (Phi) is 10.2. The highest BCUT2D eigenvalue weighted by Crippen LogP contribution is 2.29. The number of carbonyl (C=O) groups is 2. The van der Waals surface area contributed by atoms with Crippen LogP contribution < -0.4 is 9.62 Å². The first-order chi connectivity index (χ1) is 19.0. The Labute approximate surface area is 253 Å². The number of aryl methyl sites for hydroxylation is 3. The van der Waals surface area contributed by atoms with E-state index in [2.05, 4.69) is 5.32 Å². The summed E-state index contributed by atoms with van der Waals surface area (Å²) in [4.78, 5) is 28.7. The Balaban J connectivity index is 2.11. The van der Waals surface area contributed by atoms with E-state index in [-0.39, 0.29) is 11.4 Å². The van der Waals surface area contributed by atoms with Crippen molar-refractivity contribution in [1.82, 2.24) is 10.2 Å². The van der Waals surface area contributed by atoms with E-state index in [9.17, 15) is 18.0 Å². The molecule has 2 amide bonds. The standard InChI is InChI=1S/C31H37Cl2N3O4S/c1-20-11-13-25(14-12-20)41(39,40)36(24-16-21(2)15-22(3)17-24)19-29(37)35(23(4)30(38)34-31(5,6)7)18-26-27(32)9-8-10-28(26)33/h8-17,23H,18-19H2,1-7H3,(H,34,38). The van der Waals surface area contributed by atoms with E-state index >= 15 is 0 Å². The largest absolute Gasteiger partial charge is 0.350 e. The van der Waals surface area contributed by atoms with Gasteiger partial charge in [-0.2, -0.15) is 0 Å². The van der Waals surface area contributed by atoms with Gasteiger partial charge in [0.15, 0.2) is 0 Å². The Morgan fingerprint density at radius 1 is 0.878 bits per heavy atom.